The number of carbonyl (C=O) groups excluding carboxylic acids is 1. The lowest BCUT2D eigenvalue weighted by Crippen LogP contribution is -2.06. The van der Waals surface area contributed by atoms with Gasteiger partial charge in [0.25, 0.3) is 0 Å². The van der Waals surface area contributed by atoms with Gasteiger partial charge >= 0.3 is 5.97 Å². The van der Waals surface area contributed by atoms with Crippen LogP contribution in [-0.2, 0) is 4.74 Å². The summed E-state index contributed by atoms with van der Waals surface area (Å²) in [6, 6.07) is 4.13. The van der Waals surface area contributed by atoms with Crippen molar-refractivity contribution in [2.75, 3.05) is 6.61 Å². The molecule has 0 fully saturated rings. The van der Waals surface area contributed by atoms with Crippen LogP contribution in [0.3, 0.4) is 0 Å². The number of aromatic amines is 1. The number of hydrogen-bond donors (Lipinski definition) is 1. The number of ether oxygens (including phenoxy) is 1. The fourth-order valence-corrected chi connectivity index (χ4v) is 2.21. The maximum atomic E-state index is 11.8. The Morgan fingerprint density at radius 1 is 1.24 bits per heavy atom. The number of H-pyrrole nitrogens is 1. The Morgan fingerprint density at radius 3 is 2.47 bits per heavy atom. The molecule has 0 spiro atoms. The Hall–Kier alpha value is -1.77. The van der Waals surface area contributed by atoms with Crippen molar-refractivity contribution < 1.29 is 9.53 Å². The number of carbonyl (C=O) groups is 1. The molecule has 3 nitrogen and oxygen atoms in total. The summed E-state index contributed by atoms with van der Waals surface area (Å²) in [6.45, 7) is 8.25. The van der Waals surface area contributed by atoms with Gasteiger partial charge in [0.1, 0.15) is 5.69 Å². The van der Waals surface area contributed by atoms with E-state index in [1.54, 1.807) is 0 Å². The van der Waals surface area contributed by atoms with Gasteiger partial charge in [-0.3, -0.25) is 0 Å². The molecule has 1 heterocycles. The van der Waals surface area contributed by atoms with E-state index in [0.717, 1.165) is 22.0 Å². The number of benzene rings is 1. The fourth-order valence-electron chi connectivity index (χ4n) is 2.21. The summed E-state index contributed by atoms with van der Waals surface area (Å²) in [4.78, 5) is 15.0. The lowest BCUT2D eigenvalue weighted by Gasteiger charge is -2.01. The van der Waals surface area contributed by atoms with E-state index in [-0.39, 0.29) is 5.97 Å². The zero-order chi connectivity index (χ0) is 12.6. The third-order valence-electron chi connectivity index (χ3n) is 3.10. The summed E-state index contributed by atoms with van der Waals surface area (Å²) in [6.07, 6.45) is 0. The van der Waals surface area contributed by atoms with Crippen LogP contribution in [0.1, 0.15) is 34.1 Å². The van der Waals surface area contributed by atoms with Crippen LogP contribution in [0.25, 0.3) is 10.9 Å². The van der Waals surface area contributed by atoms with Crippen LogP contribution < -0.4 is 0 Å². The first kappa shape index (κ1) is 11.7. The molecule has 90 valence electrons. The van der Waals surface area contributed by atoms with Gasteiger partial charge in [-0.05, 0) is 44.4 Å². The van der Waals surface area contributed by atoms with Crippen molar-refractivity contribution in [1.29, 1.82) is 0 Å². The van der Waals surface area contributed by atoms with Gasteiger partial charge in [-0.15, -0.1) is 0 Å². The molecule has 0 amide bonds. The SMILES string of the molecule is CCOC(=O)c1[nH]c2c(C)ccc(C)c2c1C. The maximum Gasteiger partial charge on any atom is 0.355 e. The van der Waals surface area contributed by atoms with E-state index >= 15 is 0 Å². The summed E-state index contributed by atoms with van der Waals surface area (Å²) in [5.41, 5.74) is 4.89. The first-order valence-corrected chi connectivity index (χ1v) is 5.81. The standard InChI is InChI=1S/C14H17NO2/c1-5-17-14(16)13-10(4)11-8(2)6-7-9(3)12(11)15-13/h6-7,15H,5H2,1-4H3. The van der Waals surface area contributed by atoms with Gasteiger partial charge in [-0.1, -0.05) is 12.1 Å². The van der Waals surface area contributed by atoms with Gasteiger partial charge in [0, 0.05) is 10.9 Å². The number of aromatic nitrogens is 1. The van der Waals surface area contributed by atoms with E-state index < -0.39 is 0 Å². The lowest BCUT2D eigenvalue weighted by atomic mass is 10.0. The van der Waals surface area contributed by atoms with Gasteiger partial charge in [-0.2, -0.15) is 0 Å². The van der Waals surface area contributed by atoms with Crippen molar-refractivity contribution in [3.05, 3.63) is 34.5 Å². The second kappa shape index (κ2) is 4.24. The van der Waals surface area contributed by atoms with Crippen molar-refractivity contribution in [1.82, 2.24) is 4.98 Å². The van der Waals surface area contributed by atoms with Crippen molar-refractivity contribution >= 4 is 16.9 Å². The molecular formula is C14H17NO2. The average molecular weight is 231 g/mol. The fraction of sp³-hybridized carbons (Fsp3) is 0.357. The highest BCUT2D eigenvalue weighted by Gasteiger charge is 2.17. The van der Waals surface area contributed by atoms with Gasteiger partial charge in [-0.25, -0.2) is 4.79 Å². The lowest BCUT2D eigenvalue weighted by molar-refractivity contribution is 0.0520. The minimum atomic E-state index is -0.278. The van der Waals surface area contributed by atoms with Crippen LogP contribution in [0.4, 0.5) is 0 Å². The van der Waals surface area contributed by atoms with Crippen molar-refractivity contribution in [3.63, 3.8) is 0 Å². The Balaban J connectivity index is 2.68. The summed E-state index contributed by atoms with van der Waals surface area (Å²) in [7, 11) is 0. The third-order valence-corrected chi connectivity index (χ3v) is 3.10. The summed E-state index contributed by atoms with van der Waals surface area (Å²) < 4.78 is 5.05. The normalized spacial score (nSPS) is 10.8. The largest absolute Gasteiger partial charge is 0.461 e. The highest BCUT2D eigenvalue weighted by Crippen LogP contribution is 2.27. The zero-order valence-corrected chi connectivity index (χ0v) is 10.7. The molecule has 1 aromatic heterocycles. The first-order chi connectivity index (χ1) is 8.06. The molecular weight excluding hydrogens is 214 g/mol. The molecule has 1 N–H and O–H groups in total. The maximum absolute atomic E-state index is 11.8. The van der Waals surface area contributed by atoms with E-state index in [1.165, 1.54) is 5.56 Å². The molecule has 0 aliphatic rings. The van der Waals surface area contributed by atoms with Crippen molar-refractivity contribution in [2.24, 2.45) is 0 Å². The van der Waals surface area contributed by atoms with E-state index in [1.807, 2.05) is 20.8 Å². The molecule has 0 aliphatic carbocycles. The molecule has 0 aliphatic heterocycles. The van der Waals surface area contributed by atoms with Crippen LogP contribution in [0.2, 0.25) is 0 Å². The van der Waals surface area contributed by atoms with Crippen LogP contribution >= 0.6 is 0 Å². The predicted octanol–water partition coefficient (Wildman–Crippen LogP) is 3.27. The molecule has 2 rings (SSSR count). The minimum absolute atomic E-state index is 0.278. The highest BCUT2D eigenvalue weighted by atomic mass is 16.5. The second-order valence-electron chi connectivity index (χ2n) is 4.29. The van der Waals surface area contributed by atoms with Gasteiger partial charge in [0.2, 0.25) is 0 Å². The topological polar surface area (TPSA) is 42.1 Å². The summed E-state index contributed by atoms with van der Waals surface area (Å²) >= 11 is 0. The quantitative estimate of drug-likeness (QED) is 0.806. The van der Waals surface area contributed by atoms with Gasteiger partial charge < -0.3 is 9.72 Å². The number of rotatable bonds is 2. The molecule has 3 heteroatoms. The van der Waals surface area contributed by atoms with Gasteiger partial charge in [0.15, 0.2) is 0 Å². The molecule has 2 aromatic rings. The Bertz CT molecular complexity index is 581. The molecule has 1 aromatic carbocycles. The Labute approximate surface area is 101 Å². The van der Waals surface area contributed by atoms with Crippen LogP contribution in [0, 0.1) is 20.8 Å². The third kappa shape index (κ3) is 1.82. The van der Waals surface area contributed by atoms with E-state index in [2.05, 4.69) is 24.0 Å². The monoisotopic (exact) mass is 231 g/mol. The number of fused-ring (bicyclic) bond motifs is 1. The number of aryl methyl sites for hydroxylation is 3. The predicted molar refractivity (Wildman–Crippen MR) is 68.5 cm³/mol. The summed E-state index contributed by atoms with van der Waals surface area (Å²) in [5.74, 6) is -0.278. The average Bonchev–Trinajstić information content (AvgIpc) is 2.63. The zero-order valence-electron chi connectivity index (χ0n) is 10.7. The molecule has 0 atom stereocenters. The Morgan fingerprint density at radius 2 is 1.88 bits per heavy atom. The number of esters is 1. The van der Waals surface area contributed by atoms with E-state index in [4.69, 9.17) is 4.74 Å². The van der Waals surface area contributed by atoms with Crippen molar-refractivity contribution in [3.8, 4) is 0 Å². The van der Waals surface area contributed by atoms with Crippen LogP contribution in [-0.4, -0.2) is 17.6 Å². The molecule has 0 radical (unpaired) electrons. The Kier molecular flexibility index (Phi) is 2.92. The number of hydrogen-bond acceptors (Lipinski definition) is 2. The van der Waals surface area contributed by atoms with Crippen LogP contribution in [0.15, 0.2) is 12.1 Å². The molecule has 0 saturated heterocycles. The van der Waals surface area contributed by atoms with Crippen LogP contribution in [0.5, 0.6) is 0 Å². The molecule has 17 heavy (non-hydrogen) atoms. The molecule has 0 unspecified atom stereocenters. The van der Waals surface area contributed by atoms with E-state index in [9.17, 15) is 4.79 Å². The summed E-state index contributed by atoms with van der Waals surface area (Å²) in [5, 5.41) is 1.13. The van der Waals surface area contributed by atoms with Gasteiger partial charge in [0.05, 0.1) is 6.61 Å². The highest BCUT2D eigenvalue weighted by molar-refractivity contribution is 6.00. The van der Waals surface area contributed by atoms with E-state index in [0.29, 0.717) is 12.3 Å². The minimum Gasteiger partial charge on any atom is -0.461 e. The molecule has 0 bridgehead atoms. The smallest absolute Gasteiger partial charge is 0.355 e. The number of nitrogens with one attached hydrogen (secondary N) is 1. The first-order valence-electron chi connectivity index (χ1n) is 5.81. The molecule has 0 saturated carbocycles. The second-order valence-corrected chi connectivity index (χ2v) is 4.29. The van der Waals surface area contributed by atoms with Crippen molar-refractivity contribution in [2.45, 2.75) is 27.7 Å².